The van der Waals surface area contributed by atoms with Crippen molar-refractivity contribution in [2.75, 3.05) is 7.11 Å². The van der Waals surface area contributed by atoms with Crippen molar-refractivity contribution in [3.8, 4) is 11.1 Å². The number of aldehydes is 1. The highest BCUT2D eigenvalue weighted by molar-refractivity contribution is 5.73. The summed E-state index contributed by atoms with van der Waals surface area (Å²) in [6, 6.07) is 12.3. The van der Waals surface area contributed by atoms with Crippen LogP contribution >= 0.6 is 0 Å². The zero-order valence-corrected chi connectivity index (χ0v) is 14.5. The minimum atomic E-state index is -0.0954. The normalized spacial score (nSPS) is 20.0. The van der Waals surface area contributed by atoms with Crippen molar-refractivity contribution in [2.24, 2.45) is 5.92 Å². The average Bonchev–Trinajstić information content (AvgIpc) is 2.69. The molecule has 1 aromatic heterocycles. The van der Waals surface area contributed by atoms with Crippen molar-refractivity contribution in [3.05, 3.63) is 53.9 Å². The van der Waals surface area contributed by atoms with Gasteiger partial charge in [0.1, 0.15) is 5.69 Å². The van der Waals surface area contributed by atoms with Crippen LogP contribution in [-0.2, 0) is 9.53 Å². The number of rotatable bonds is 5. The molecule has 1 aromatic carbocycles. The number of methoxy groups -OCH3 is 1. The number of carbonyl (C=O) groups excluding carboxylic acids is 2. The molecule has 4 nitrogen and oxygen atoms in total. The summed E-state index contributed by atoms with van der Waals surface area (Å²) < 4.78 is 4.77. The Morgan fingerprint density at radius 3 is 2.32 bits per heavy atom. The van der Waals surface area contributed by atoms with Gasteiger partial charge >= 0.3 is 5.97 Å². The quantitative estimate of drug-likeness (QED) is 0.599. The number of benzene rings is 1. The Morgan fingerprint density at radius 1 is 1.08 bits per heavy atom. The maximum Gasteiger partial charge on any atom is 0.305 e. The smallest absolute Gasteiger partial charge is 0.305 e. The third-order valence-electron chi connectivity index (χ3n) is 5.15. The summed E-state index contributed by atoms with van der Waals surface area (Å²) >= 11 is 0. The summed E-state index contributed by atoms with van der Waals surface area (Å²) in [5, 5.41) is 0. The van der Waals surface area contributed by atoms with Crippen LogP contribution in [0.5, 0.6) is 0 Å². The lowest BCUT2D eigenvalue weighted by Crippen LogP contribution is -2.17. The van der Waals surface area contributed by atoms with Crippen LogP contribution in [0.3, 0.4) is 0 Å². The molecule has 0 atom stereocenters. The van der Waals surface area contributed by atoms with Gasteiger partial charge in [-0.15, -0.1) is 0 Å². The zero-order valence-electron chi connectivity index (χ0n) is 14.5. The molecule has 2 aromatic rings. The summed E-state index contributed by atoms with van der Waals surface area (Å²) in [6.45, 7) is 0. The van der Waals surface area contributed by atoms with Gasteiger partial charge in [-0.05, 0) is 54.7 Å². The molecular formula is C21H23NO3. The maximum absolute atomic E-state index is 11.4. The standard InChI is InChI=1S/C21H23NO3/c1-25-21(24)12-15-2-4-16(5-3-15)17-6-8-18(9-7-17)19-10-11-20(14-23)22-13-19/h6-11,13-16H,2-5,12H2,1H3. The van der Waals surface area contributed by atoms with Gasteiger partial charge in [0.2, 0.25) is 0 Å². The molecule has 3 rings (SSSR count). The molecule has 1 aliphatic rings. The van der Waals surface area contributed by atoms with Crippen molar-refractivity contribution < 1.29 is 14.3 Å². The third kappa shape index (κ3) is 4.32. The third-order valence-corrected chi connectivity index (χ3v) is 5.15. The Bertz CT molecular complexity index is 714. The van der Waals surface area contributed by atoms with Crippen LogP contribution in [0.1, 0.15) is 54.1 Å². The van der Waals surface area contributed by atoms with Gasteiger partial charge in [0.05, 0.1) is 7.11 Å². The molecule has 0 N–H and O–H groups in total. The van der Waals surface area contributed by atoms with E-state index in [4.69, 9.17) is 4.74 Å². The fourth-order valence-electron chi connectivity index (χ4n) is 3.61. The first-order chi connectivity index (χ1) is 12.2. The molecule has 1 fully saturated rings. The first-order valence-corrected chi connectivity index (χ1v) is 8.78. The van der Waals surface area contributed by atoms with E-state index in [1.807, 2.05) is 6.07 Å². The molecule has 1 aliphatic carbocycles. The van der Waals surface area contributed by atoms with E-state index in [-0.39, 0.29) is 5.97 Å². The number of aromatic nitrogens is 1. The molecule has 0 spiro atoms. The van der Waals surface area contributed by atoms with Gasteiger partial charge in [0.25, 0.3) is 0 Å². The molecule has 1 heterocycles. The van der Waals surface area contributed by atoms with Crippen LogP contribution in [0.15, 0.2) is 42.6 Å². The van der Waals surface area contributed by atoms with Crippen molar-refractivity contribution in [1.82, 2.24) is 4.98 Å². The number of carbonyl (C=O) groups is 2. The monoisotopic (exact) mass is 337 g/mol. The topological polar surface area (TPSA) is 56.3 Å². The first kappa shape index (κ1) is 17.3. The van der Waals surface area contributed by atoms with Crippen LogP contribution in [0.25, 0.3) is 11.1 Å². The van der Waals surface area contributed by atoms with E-state index in [1.165, 1.54) is 12.7 Å². The van der Waals surface area contributed by atoms with Crippen LogP contribution in [0.4, 0.5) is 0 Å². The summed E-state index contributed by atoms with van der Waals surface area (Å²) in [5.74, 6) is 0.936. The molecule has 130 valence electrons. The Hall–Kier alpha value is -2.49. The van der Waals surface area contributed by atoms with Gasteiger partial charge in [-0.25, -0.2) is 0 Å². The number of pyridine rings is 1. The van der Waals surface area contributed by atoms with Crippen molar-refractivity contribution >= 4 is 12.3 Å². The lowest BCUT2D eigenvalue weighted by atomic mass is 9.77. The highest BCUT2D eigenvalue weighted by atomic mass is 16.5. The van der Waals surface area contributed by atoms with E-state index in [0.717, 1.165) is 43.1 Å². The van der Waals surface area contributed by atoms with E-state index in [2.05, 4.69) is 29.2 Å². The number of hydrogen-bond donors (Lipinski definition) is 0. The average molecular weight is 337 g/mol. The molecular weight excluding hydrogens is 314 g/mol. The van der Waals surface area contributed by atoms with Crippen LogP contribution < -0.4 is 0 Å². The van der Waals surface area contributed by atoms with Crippen LogP contribution in [0, 0.1) is 5.92 Å². The first-order valence-electron chi connectivity index (χ1n) is 8.78. The highest BCUT2D eigenvalue weighted by Crippen LogP contribution is 2.37. The van der Waals surface area contributed by atoms with Crippen molar-refractivity contribution in [1.29, 1.82) is 0 Å². The van der Waals surface area contributed by atoms with Crippen molar-refractivity contribution in [2.45, 2.75) is 38.0 Å². The van der Waals surface area contributed by atoms with Gasteiger partial charge in [0.15, 0.2) is 6.29 Å². The lowest BCUT2D eigenvalue weighted by Gasteiger charge is -2.28. The van der Waals surface area contributed by atoms with Gasteiger partial charge in [0, 0.05) is 18.2 Å². The maximum atomic E-state index is 11.4. The van der Waals surface area contributed by atoms with Gasteiger partial charge in [-0.1, -0.05) is 30.3 Å². The molecule has 4 heteroatoms. The Labute approximate surface area is 148 Å². The molecule has 0 unspecified atom stereocenters. The highest BCUT2D eigenvalue weighted by Gasteiger charge is 2.24. The molecule has 0 aliphatic heterocycles. The van der Waals surface area contributed by atoms with E-state index < -0.39 is 0 Å². The van der Waals surface area contributed by atoms with E-state index in [9.17, 15) is 9.59 Å². The second-order valence-corrected chi connectivity index (χ2v) is 6.71. The van der Waals surface area contributed by atoms with Gasteiger partial charge in [-0.2, -0.15) is 0 Å². The second kappa shape index (κ2) is 8.06. The Morgan fingerprint density at radius 2 is 1.76 bits per heavy atom. The predicted molar refractivity (Wildman–Crippen MR) is 96.4 cm³/mol. The fraction of sp³-hybridized carbons (Fsp3) is 0.381. The lowest BCUT2D eigenvalue weighted by molar-refractivity contribution is -0.142. The molecule has 0 radical (unpaired) electrons. The fourth-order valence-corrected chi connectivity index (χ4v) is 3.61. The minimum absolute atomic E-state index is 0.0954. The zero-order chi connectivity index (χ0) is 17.6. The molecule has 0 bridgehead atoms. The molecule has 25 heavy (non-hydrogen) atoms. The summed E-state index contributed by atoms with van der Waals surface area (Å²) in [6.07, 6.45) is 7.44. The van der Waals surface area contributed by atoms with Gasteiger partial charge in [-0.3, -0.25) is 14.6 Å². The van der Waals surface area contributed by atoms with E-state index >= 15 is 0 Å². The minimum Gasteiger partial charge on any atom is -0.469 e. The van der Waals surface area contributed by atoms with Crippen LogP contribution in [0.2, 0.25) is 0 Å². The Kier molecular flexibility index (Phi) is 5.59. The van der Waals surface area contributed by atoms with Gasteiger partial charge < -0.3 is 4.74 Å². The SMILES string of the molecule is COC(=O)CC1CCC(c2ccc(-c3ccc(C=O)nc3)cc2)CC1. The number of esters is 1. The number of ether oxygens (including phenoxy) is 1. The summed E-state index contributed by atoms with van der Waals surface area (Å²) in [4.78, 5) is 26.2. The number of nitrogens with zero attached hydrogens (tertiary/aromatic N) is 1. The number of hydrogen-bond acceptors (Lipinski definition) is 4. The molecule has 1 saturated carbocycles. The second-order valence-electron chi connectivity index (χ2n) is 6.71. The summed E-state index contributed by atoms with van der Waals surface area (Å²) in [5.41, 5.74) is 3.92. The van der Waals surface area contributed by atoms with Crippen molar-refractivity contribution in [3.63, 3.8) is 0 Å². The predicted octanol–water partition coefficient (Wildman–Crippen LogP) is 4.40. The molecule has 0 saturated heterocycles. The largest absolute Gasteiger partial charge is 0.469 e. The van der Waals surface area contributed by atoms with E-state index in [1.54, 1.807) is 12.3 Å². The van der Waals surface area contributed by atoms with E-state index in [0.29, 0.717) is 24.0 Å². The van der Waals surface area contributed by atoms with Crippen LogP contribution in [-0.4, -0.2) is 24.3 Å². The Balaban J connectivity index is 1.61. The molecule has 0 amide bonds. The summed E-state index contributed by atoms with van der Waals surface area (Å²) in [7, 11) is 1.46.